The highest BCUT2D eigenvalue weighted by Gasteiger charge is 2.21. The minimum atomic E-state index is -0.0783. The number of para-hydroxylation sites is 1. The van der Waals surface area contributed by atoms with Gasteiger partial charge in [-0.3, -0.25) is 9.69 Å². The Labute approximate surface area is 203 Å². The molecule has 0 amide bonds. The van der Waals surface area contributed by atoms with Gasteiger partial charge < -0.3 is 14.5 Å². The summed E-state index contributed by atoms with van der Waals surface area (Å²) in [6.45, 7) is 5.00. The second-order valence-corrected chi connectivity index (χ2v) is 9.07. The van der Waals surface area contributed by atoms with Crippen LogP contribution < -0.4 is 10.3 Å². The van der Waals surface area contributed by atoms with Crippen LogP contribution in [-0.2, 0) is 30.9 Å². The summed E-state index contributed by atoms with van der Waals surface area (Å²) in [5, 5.41) is 13.4. The van der Waals surface area contributed by atoms with E-state index in [2.05, 4.69) is 25.4 Å². The number of rotatable bonds is 9. The van der Waals surface area contributed by atoms with Gasteiger partial charge in [0, 0.05) is 25.3 Å². The minimum absolute atomic E-state index is 0.0783. The number of nitrogens with one attached hydrogen (secondary N) is 1. The molecule has 1 N–H and O–H groups in total. The van der Waals surface area contributed by atoms with E-state index in [-0.39, 0.29) is 11.7 Å². The van der Waals surface area contributed by atoms with Crippen LogP contribution in [0.15, 0.2) is 53.3 Å². The topological polar surface area (TPSA) is 98.2 Å². The molecule has 2 aromatic carbocycles. The summed E-state index contributed by atoms with van der Waals surface area (Å²) in [4.78, 5) is 18.3. The third kappa shape index (κ3) is 5.41. The number of benzene rings is 2. The van der Waals surface area contributed by atoms with Gasteiger partial charge in [-0.05, 0) is 64.9 Å². The van der Waals surface area contributed by atoms with Crippen LogP contribution in [0.1, 0.15) is 35.4 Å². The van der Waals surface area contributed by atoms with Crippen molar-refractivity contribution in [2.24, 2.45) is 0 Å². The Bertz CT molecular complexity index is 1340. The zero-order chi connectivity index (χ0) is 24.2. The highest BCUT2D eigenvalue weighted by molar-refractivity contribution is 5.81. The molecule has 1 aliphatic heterocycles. The van der Waals surface area contributed by atoms with Gasteiger partial charge in [-0.25, -0.2) is 4.68 Å². The van der Waals surface area contributed by atoms with Crippen molar-refractivity contribution in [1.82, 2.24) is 30.1 Å². The van der Waals surface area contributed by atoms with Gasteiger partial charge in [0.2, 0.25) is 0 Å². The number of hydrogen-bond donors (Lipinski definition) is 1. The van der Waals surface area contributed by atoms with Crippen molar-refractivity contribution >= 4 is 10.9 Å². The Balaban J connectivity index is 1.42. The molecule has 9 nitrogen and oxygen atoms in total. The number of nitrogens with zero attached hydrogens (tertiary/aromatic N) is 5. The average Bonchev–Trinajstić information content (AvgIpc) is 3.53. The summed E-state index contributed by atoms with van der Waals surface area (Å²) < 4.78 is 12.9. The molecule has 1 aliphatic rings. The van der Waals surface area contributed by atoms with Crippen LogP contribution in [0.3, 0.4) is 0 Å². The molecule has 0 aliphatic carbocycles. The average molecular weight is 475 g/mol. The highest BCUT2D eigenvalue weighted by atomic mass is 16.5. The molecule has 0 radical (unpaired) electrons. The summed E-state index contributed by atoms with van der Waals surface area (Å²) in [7, 11) is 1.66. The third-order valence-electron chi connectivity index (χ3n) is 6.50. The summed E-state index contributed by atoms with van der Waals surface area (Å²) >= 11 is 0. The summed E-state index contributed by atoms with van der Waals surface area (Å²) in [6.07, 6.45) is 2.22. The number of H-pyrrole nitrogens is 1. The van der Waals surface area contributed by atoms with E-state index in [1.807, 2.05) is 60.1 Å². The normalized spacial score (nSPS) is 15.8. The van der Waals surface area contributed by atoms with Crippen LogP contribution in [0.25, 0.3) is 10.9 Å². The van der Waals surface area contributed by atoms with Crippen molar-refractivity contribution < 1.29 is 9.47 Å². The number of pyridine rings is 1. The molecule has 0 spiro atoms. The first-order valence-electron chi connectivity index (χ1n) is 11.9. The van der Waals surface area contributed by atoms with E-state index in [0.29, 0.717) is 31.7 Å². The number of aromatic nitrogens is 5. The maximum Gasteiger partial charge on any atom is 0.252 e. The Hall–Kier alpha value is -3.56. The predicted octanol–water partition coefficient (Wildman–Crippen LogP) is 3.21. The van der Waals surface area contributed by atoms with Crippen LogP contribution in [-0.4, -0.2) is 49.9 Å². The van der Waals surface area contributed by atoms with Gasteiger partial charge in [-0.2, -0.15) is 0 Å². The fraction of sp³-hybridized carbons (Fsp3) is 0.385. The zero-order valence-corrected chi connectivity index (χ0v) is 20.1. The fourth-order valence-corrected chi connectivity index (χ4v) is 4.60. The second kappa shape index (κ2) is 10.4. The minimum Gasteiger partial charge on any atom is -0.497 e. The van der Waals surface area contributed by atoms with Gasteiger partial charge in [0.25, 0.3) is 5.56 Å². The molecule has 9 heteroatoms. The molecule has 4 aromatic rings. The Morgan fingerprint density at radius 1 is 1.17 bits per heavy atom. The van der Waals surface area contributed by atoms with Gasteiger partial charge in [-0.1, -0.05) is 30.3 Å². The van der Waals surface area contributed by atoms with Gasteiger partial charge in [0.15, 0.2) is 5.82 Å². The van der Waals surface area contributed by atoms with E-state index < -0.39 is 0 Å². The van der Waals surface area contributed by atoms with Crippen molar-refractivity contribution in [2.75, 3.05) is 13.7 Å². The summed E-state index contributed by atoms with van der Waals surface area (Å²) in [5.41, 5.74) is 3.66. The SMILES string of the molecule is COc1ccc(CN(Cc2cc3cccc(C)c3[nH]c2=O)Cc2nnnn2C[C@@H]2CCCO2)cc1. The monoisotopic (exact) mass is 474 g/mol. The highest BCUT2D eigenvalue weighted by Crippen LogP contribution is 2.19. The molecule has 0 saturated carbocycles. The molecule has 3 heterocycles. The van der Waals surface area contributed by atoms with Crippen LogP contribution >= 0.6 is 0 Å². The number of methoxy groups -OCH3 is 1. The predicted molar refractivity (Wildman–Crippen MR) is 132 cm³/mol. The van der Waals surface area contributed by atoms with Crippen LogP contribution in [0.5, 0.6) is 5.75 Å². The third-order valence-corrected chi connectivity index (χ3v) is 6.50. The van der Waals surface area contributed by atoms with Crippen molar-refractivity contribution in [3.8, 4) is 5.75 Å². The lowest BCUT2D eigenvalue weighted by Crippen LogP contribution is -2.29. The lowest BCUT2D eigenvalue weighted by atomic mass is 10.1. The van der Waals surface area contributed by atoms with E-state index in [0.717, 1.165) is 53.1 Å². The van der Waals surface area contributed by atoms with E-state index in [4.69, 9.17) is 9.47 Å². The van der Waals surface area contributed by atoms with Crippen LogP contribution in [0.2, 0.25) is 0 Å². The summed E-state index contributed by atoms with van der Waals surface area (Å²) in [5.74, 6) is 1.56. The first-order valence-corrected chi connectivity index (χ1v) is 11.9. The number of aryl methyl sites for hydroxylation is 1. The molecule has 1 fully saturated rings. The molecule has 5 rings (SSSR count). The lowest BCUT2D eigenvalue weighted by Gasteiger charge is -2.22. The first kappa shape index (κ1) is 23.2. The second-order valence-electron chi connectivity index (χ2n) is 9.07. The molecule has 0 bridgehead atoms. The van der Waals surface area contributed by atoms with Crippen molar-refractivity contribution in [2.45, 2.75) is 52.0 Å². The molecule has 35 heavy (non-hydrogen) atoms. The van der Waals surface area contributed by atoms with Crippen molar-refractivity contribution in [3.05, 3.63) is 81.4 Å². The van der Waals surface area contributed by atoms with Crippen LogP contribution in [0, 0.1) is 6.92 Å². The number of hydrogen-bond acceptors (Lipinski definition) is 7. The summed E-state index contributed by atoms with van der Waals surface area (Å²) in [6, 6.07) is 16.0. The number of fused-ring (bicyclic) bond motifs is 1. The number of tetrazole rings is 1. The molecule has 0 unspecified atom stereocenters. The maximum atomic E-state index is 13.0. The Kier molecular flexibility index (Phi) is 6.87. The molecule has 2 aromatic heterocycles. The smallest absolute Gasteiger partial charge is 0.252 e. The van der Waals surface area contributed by atoms with Crippen molar-refractivity contribution in [3.63, 3.8) is 0 Å². The fourth-order valence-electron chi connectivity index (χ4n) is 4.60. The Morgan fingerprint density at radius 3 is 2.80 bits per heavy atom. The van der Waals surface area contributed by atoms with Crippen LogP contribution in [0.4, 0.5) is 0 Å². The van der Waals surface area contributed by atoms with Gasteiger partial charge >= 0.3 is 0 Å². The largest absolute Gasteiger partial charge is 0.497 e. The zero-order valence-electron chi connectivity index (χ0n) is 20.1. The first-order chi connectivity index (χ1) is 17.1. The number of aromatic amines is 1. The molecular formula is C26H30N6O3. The van der Waals surface area contributed by atoms with E-state index in [1.54, 1.807) is 7.11 Å². The van der Waals surface area contributed by atoms with E-state index in [9.17, 15) is 4.79 Å². The molecule has 1 atom stereocenters. The lowest BCUT2D eigenvalue weighted by molar-refractivity contribution is 0.0914. The number of ether oxygens (including phenoxy) is 2. The quantitative estimate of drug-likeness (QED) is 0.398. The maximum absolute atomic E-state index is 13.0. The molecular weight excluding hydrogens is 444 g/mol. The standard InChI is InChI=1S/C26H30N6O3/c1-18-5-3-6-20-13-21(26(33)27-25(18)20)15-31(14-19-8-10-22(34-2)11-9-19)17-24-28-29-30-32(24)16-23-7-4-12-35-23/h3,5-6,8-11,13,23H,4,7,12,14-17H2,1-2H3,(H,27,33)/t23-/m0/s1. The van der Waals surface area contributed by atoms with Gasteiger partial charge in [-0.15, -0.1) is 5.10 Å². The van der Waals surface area contributed by atoms with Gasteiger partial charge in [0.1, 0.15) is 5.75 Å². The van der Waals surface area contributed by atoms with Crippen molar-refractivity contribution in [1.29, 1.82) is 0 Å². The van der Waals surface area contributed by atoms with Gasteiger partial charge in [0.05, 0.1) is 31.8 Å². The Morgan fingerprint density at radius 2 is 2.03 bits per heavy atom. The van der Waals surface area contributed by atoms with E-state index >= 15 is 0 Å². The van der Waals surface area contributed by atoms with E-state index in [1.165, 1.54) is 0 Å². The molecule has 1 saturated heterocycles. The molecule has 182 valence electrons.